The fourth-order valence-corrected chi connectivity index (χ4v) is 3.19. The number of rotatable bonds is 4. The molecular weight excluding hydrogens is 271 g/mol. The smallest absolute Gasteiger partial charge is 0.123 e. The van der Waals surface area contributed by atoms with Crippen LogP contribution in [0.25, 0.3) is 0 Å². The molecule has 0 aliphatic rings. The lowest BCUT2D eigenvalue weighted by Crippen LogP contribution is -2.00. The Balaban J connectivity index is 2.03. The average molecular weight is 283 g/mol. The van der Waals surface area contributed by atoms with E-state index in [-0.39, 0.29) is 5.82 Å². The monoisotopic (exact) mass is 282 g/mol. The SMILES string of the molecule is O=S(Cc1cccc(F)c1)Cc1ccccc1Cl. The maximum atomic E-state index is 13.0. The predicted octanol–water partition coefficient (Wildman–Crippen LogP) is 3.93. The normalized spacial score (nSPS) is 12.3. The van der Waals surface area contributed by atoms with Gasteiger partial charge in [0.05, 0.1) is 5.75 Å². The molecule has 0 spiro atoms. The molecule has 0 heterocycles. The van der Waals surface area contributed by atoms with Gasteiger partial charge in [-0.1, -0.05) is 41.9 Å². The summed E-state index contributed by atoms with van der Waals surface area (Å²) in [4.78, 5) is 0. The molecule has 0 saturated heterocycles. The summed E-state index contributed by atoms with van der Waals surface area (Å²) in [5.74, 6) is 0.418. The first-order valence-corrected chi connectivity index (χ1v) is 7.34. The fourth-order valence-electron chi connectivity index (χ4n) is 1.65. The van der Waals surface area contributed by atoms with Crippen LogP contribution in [-0.4, -0.2) is 4.21 Å². The summed E-state index contributed by atoms with van der Waals surface area (Å²) in [5, 5.41) is 0.616. The van der Waals surface area contributed by atoms with Gasteiger partial charge in [0.1, 0.15) is 5.82 Å². The van der Waals surface area contributed by atoms with Gasteiger partial charge in [0.25, 0.3) is 0 Å². The van der Waals surface area contributed by atoms with Crippen molar-refractivity contribution in [2.45, 2.75) is 11.5 Å². The molecule has 2 aromatic carbocycles. The van der Waals surface area contributed by atoms with Gasteiger partial charge in [0.2, 0.25) is 0 Å². The molecule has 94 valence electrons. The van der Waals surface area contributed by atoms with Crippen molar-refractivity contribution in [3.63, 3.8) is 0 Å². The third-order valence-corrected chi connectivity index (χ3v) is 4.15. The zero-order valence-corrected chi connectivity index (χ0v) is 11.2. The summed E-state index contributed by atoms with van der Waals surface area (Å²) in [5.41, 5.74) is 1.59. The summed E-state index contributed by atoms with van der Waals surface area (Å²) in [6, 6.07) is 13.5. The Morgan fingerprint density at radius 2 is 1.83 bits per heavy atom. The zero-order valence-electron chi connectivity index (χ0n) is 9.61. The predicted molar refractivity (Wildman–Crippen MR) is 73.4 cm³/mol. The van der Waals surface area contributed by atoms with Gasteiger partial charge in [-0.3, -0.25) is 4.21 Å². The van der Waals surface area contributed by atoms with E-state index in [0.29, 0.717) is 16.5 Å². The van der Waals surface area contributed by atoms with E-state index in [2.05, 4.69) is 0 Å². The molecule has 0 aromatic heterocycles. The van der Waals surface area contributed by atoms with E-state index in [1.54, 1.807) is 18.2 Å². The molecule has 0 aliphatic heterocycles. The highest BCUT2D eigenvalue weighted by atomic mass is 35.5. The maximum Gasteiger partial charge on any atom is 0.123 e. The van der Waals surface area contributed by atoms with Crippen LogP contribution in [-0.2, 0) is 22.3 Å². The minimum Gasteiger partial charge on any atom is -0.259 e. The van der Waals surface area contributed by atoms with Crippen molar-refractivity contribution >= 4 is 22.4 Å². The molecule has 1 atom stereocenters. The largest absolute Gasteiger partial charge is 0.259 e. The maximum absolute atomic E-state index is 13.0. The first kappa shape index (κ1) is 13.2. The first-order valence-electron chi connectivity index (χ1n) is 5.48. The van der Waals surface area contributed by atoms with Gasteiger partial charge >= 0.3 is 0 Å². The molecule has 0 saturated carbocycles. The Hall–Kier alpha value is -1.19. The molecule has 2 aromatic rings. The van der Waals surface area contributed by atoms with Crippen molar-refractivity contribution in [1.82, 2.24) is 0 Å². The Kier molecular flexibility index (Phi) is 4.50. The Morgan fingerprint density at radius 3 is 2.56 bits per heavy atom. The van der Waals surface area contributed by atoms with Crippen LogP contribution in [0.5, 0.6) is 0 Å². The molecule has 1 unspecified atom stereocenters. The highest BCUT2D eigenvalue weighted by molar-refractivity contribution is 7.83. The summed E-state index contributed by atoms with van der Waals surface area (Å²) in [6.07, 6.45) is 0. The van der Waals surface area contributed by atoms with Crippen LogP contribution in [0.4, 0.5) is 4.39 Å². The van der Waals surface area contributed by atoms with E-state index < -0.39 is 10.8 Å². The van der Waals surface area contributed by atoms with Crippen LogP contribution in [0.15, 0.2) is 48.5 Å². The van der Waals surface area contributed by atoms with Crippen molar-refractivity contribution in [3.05, 3.63) is 70.5 Å². The number of halogens is 2. The second kappa shape index (κ2) is 6.12. The second-order valence-corrected chi connectivity index (χ2v) is 5.81. The number of hydrogen-bond donors (Lipinski definition) is 0. The van der Waals surface area contributed by atoms with Gasteiger partial charge in [-0.15, -0.1) is 0 Å². The quantitative estimate of drug-likeness (QED) is 0.830. The van der Waals surface area contributed by atoms with E-state index >= 15 is 0 Å². The van der Waals surface area contributed by atoms with Gasteiger partial charge in [-0.05, 0) is 29.3 Å². The molecule has 0 N–H and O–H groups in total. The molecular formula is C14H12ClFOS. The van der Waals surface area contributed by atoms with E-state index in [1.165, 1.54) is 12.1 Å². The lowest BCUT2D eigenvalue weighted by molar-refractivity contribution is 0.626. The van der Waals surface area contributed by atoms with Crippen LogP contribution < -0.4 is 0 Å². The summed E-state index contributed by atoms with van der Waals surface area (Å²) >= 11 is 6.00. The van der Waals surface area contributed by atoms with Crippen LogP contribution in [0.2, 0.25) is 5.02 Å². The minimum absolute atomic E-state index is 0.303. The third kappa shape index (κ3) is 3.65. The van der Waals surface area contributed by atoms with Crippen molar-refractivity contribution in [2.24, 2.45) is 0 Å². The highest BCUT2D eigenvalue weighted by Gasteiger charge is 2.06. The van der Waals surface area contributed by atoms with Crippen molar-refractivity contribution in [2.75, 3.05) is 0 Å². The van der Waals surface area contributed by atoms with E-state index in [9.17, 15) is 8.60 Å². The fraction of sp³-hybridized carbons (Fsp3) is 0.143. The molecule has 0 bridgehead atoms. The van der Waals surface area contributed by atoms with Crippen LogP contribution in [0.3, 0.4) is 0 Å². The molecule has 0 aliphatic carbocycles. The minimum atomic E-state index is -1.09. The Labute approximate surface area is 113 Å². The van der Waals surface area contributed by atoms with Gasteiger partial charge in [-0.2, -0.15) is 0 Å². The van der Waals surface area contributed by atoms with Crippen LogP contribution in [0, 0.1) is 5.82 Å². The van der Waals surface area contributed by atoms with Gasteiger partial charge < -0.3 is 0 Å². The zero-order chi connectivity index (χ0) is 13.0. The van der Waals surface area contributed by atoms with E-state index in [4.69, 9.17) is 11.6 Å². The van der Waals surface area contributed by atoms with Gasteiger partial charge in [0, 0.05) is 21.6 Å². The third-order valence-electron chi connectivity index (χ3n) is 2.49. The lowest BCUT2D eigenvalue weighted by atomic mass is 10.2. The molecule has 0 amide bonds. The van der Waals surface area contributed by atoms with Crippen LogP contribution >= 0.6 is 11.6 Å². The summed E-state index contributed by atoms with van der Waals surface area (Å²) in [7, 11) is -1.09. The van der Waals surface area contributed by atoms with Crippen LogP contribution in [0.1, 0.15) is 11.1 Å². The standard InChI is InChI=1S/C14H12ClFOS/c15-14-7-2-1-5-12(14)10-18(17)9-11-4-3-6-13(16)8-11/h1-8H,9-10H2. The van der Waals surface area contributed by atoms with Crippen molar-refractivity contribution < 1.29 is 8.60 Å². The molecule has 18 heavy (non-hydrogen) atoms. The average Bonchev–Trinajstić information content (AvgIpc) is 2.32. The Bertz CT molecular complexity index is 571. The number of hydrogen-bond acceptors (Lipinski definition) is 1. The molecule has 2 rings (SSSR count). The first-order chi connectivity index (χ1) is 8.65. The summed E-state index contributed by atoms with van der Waals surface area (Å²) in [6.45, 7) is 0. The van der Waals surface area contributed by atoms with Gasteiger partial charge in [0.15, 0.2) is 0 Å². The molecule has 0 radical (unpaired) electrons. The van der Waals surface area contributed by atoms with E-state index in [1.807, 2.05) is 18.2 Å². The van der Waals surface area contributed by atoms with Crippen molar-refractivity contribution in [3.8, 4) is 0 Å². The molecule has 1 nitrogen and oxygen atoms in total. The van der Waals surface area contributed by atoms with E-state index in [0.717, 1.165) is 11.1 Å². The number of benzene rings is 2. The molecule has 4 heteroatoms. The lowest BCUT2D eigenvalue weighted by Gasteiger charge is -2.05. The van der Waals surface area contributed by atoms with Crippen molar-refractivity contribution in [1.29, 1.82) is 0 Å². The molecule has 0 fully saturated rings. The summed E-state index contributed by atoms with van der Waals surface area (Å²) < 4.78 is 25.0. The second-order valence-electron chi connectivity index (χ2n) is 3.95. The van der Waals surface area contributed by atoms with Gasteiger partial charge in [-0.25, -0.2) is 4.39 Å². The topological polar surface area (TPSA) is 17.1 Å². The Morgan fingerprint density at radius 1 is 1.06 bits per heavy atom. The highest BCUT2D eigenvalue weighted by Crippen LogP contribution is 2.18.